The molecular formula is C24H32N4O6. The van der Waals surface area contributed by atoms with Crippen molar-refractivity contribution in [2.75, 3.05) is 27.8 Å². The Morgan fingerprint density at radius 3 is 2.21 bits per heavy atom. The van der Waals surface area contributed by atoms with Crippen molar-refractivity contribution in [3.63, 3.8) is 0 Å². The highest BCUT2D eigenvalue weighted by atomic mass is 16.7. The van der Waals surface area contributed by atoms with E-state index in [9.17, 15) is 9.59 Å². The van der Waals surface area contributed by atoms with Gasteiger partial charge in [0.25, 0.3) is 5.56 Å². The van der Waals surface area contributed by atoms with Gasteiger partial charge in [0.05, 0.1) is 0 Å². The van der Waals surface area contributed by atoms with Crippen LogP contribution in [0.4, 0.5) is 0 Å². The molecule has 34 heavy (non-hydrogen) atoms. The summed E-state index contributed by atoms with van der Waals surface area (Å²) < 4.78 is 25.7. The van der Waals surface area contributed by atoms with Gasteiger partial charge >= 0.3 is 5.69 Å². The first-order valence-electron chi connectivity index (χ1n) is 11.2. The number of aryl methyl sites for hydroxylation is 2. The predicted molar refractivity (Wildman–Crippen MR) is 130 cm³/mol. The van der Waals surface area contributed by atoms with Gasteiger partial charge < -0.3 is 23.5 Å². The fourth-order valence-electron chi connectivity index (χ4n) is 3.65. The molecule has 0 bridgehead atoms. The third-order valence-electron chi connectivity index (χ3n) is 5.23. The normalized spacial score (nSPS) is 11.6. The first-order valence-corrected chi connectivity index (χ1v) is 11.2. The summed E-state index contributed by atoms with van der Waals surface area (Å²) in [6.07, 6.45) is 5.10. The number of methoxy groups -OCH3 is 2. The number of fused-ring (bicyclic) bond motifs is 1. The Morgan fingerprint density at radius 1 is 0.912 bits per heavy atom. The summed E-state index contributed by atoms with van der Waals surface area (Å²) in [6, 6.07) is 5.45. The standard InChI is InChI=1S/C24H32N4O6/c1-6-12-27-22-21(23(29)28(13-7-2)24(27)30)26(3)20(25-22)11-9-17-8-10-18(33-15-31-4)19(14-17)34-16-32-5/h8-11,14H,6-7,12-13,15-16H2,1-5H3. The number of hydrogen-bond acceptors (Lipinski definition) is 7. The third-order valence-corrected chi connectivity index (χ3v) is 5.23. The number of benzene rings is 1. The Hall–Kier alpha value is -3.37. The summed E-state index contributed by atoms with van der Waals surface area (Å²) >= 11 is 0. The van der Waals surface area contributed by atoms with Gasteiger partial charge in [0.2, 0.25) is 0 Å². The number of nitrogens with zero attached hydrogens (tertiary/aromatic N) is 4. The van der Waals surface area contributed by atoms with E-state index in [4.69, 9.17) is 18.9 Å². The first-order chi connectivity index (χ1) is 16.5. The minimum atomic E-state index is -0.321. The average molecular weight is 473 g/mol. The van der Waals surface area contributed by atoms with E-state index in [0.717, 1.165) is 12.0 Å². The second-order valence-corrected chi connectivity index (χ2v) is 7.73. The molecule has 0 atom stereocenters. The van der Waals surface area contributed by atoms with Crippen LogP contribution >= 0.6 is 0 Å². The number of aromatic nitrogens is 4. The minimum Gasteiger partial charge on any atom is -0.464 e. The molecule has 10 nitrogen and oxygen atoms in total. The van der Waals surface area contributed by atoms with Crippen molar-refractivity contribution in [1.29, 1.82) is 0 Å². The number of imidazole rings is 1. The Labute approximate surface area is 198 Å². The van der Waals surface area contributed by atoms with Gasteiger partial charge in [-0.2, -0.15) is 0 Å². The molecular weight excluding hydrogens is 440 g/mol. The quantitative estimate of drug-likeness (QED) is 0.374. The Balaban J connectivity index is 2.05. The van der Waals surface area contributed by atoms with Crippen molar-refractivity contribution >= 4 is 23.3 Å². The zero-order valence-electron chi connectivity index (χ0n) is 20.4. The molecule has 0 saturated heterocycles. The summed E-state index contributed by atoms with van der Waals surface area (Å²) in [5.41, 5.74) is 1.00. The smallest absolute Gasteiger partial charge is 0.332 e. The zero-order valence-corrected chi connectivity index (χ0v) is 20.4. The number of ether oxygens (including phenoxy) is 4. The van der Waals surface area contributed by atoms with Crippen molar-refractivity contribution in [2.24, 2.45) is 7.05 Å². The van der Waals surface area contributed by atoms with Gasteiger partial charge in [-0.3, -0.25) is 13.9 Å². The molecule has 0 radical (unpaired) electrons. The molecule has 3 rings (SSSR count). The van der Waals surface area contributed by atoms with Crippen molar-refractivity contribution in [3.8, 4) is 11.5 Å². The fourth-order valence-corrected chi connectivity index (χ4v) is 3.65. The summed E-state index contributed by atoms with van der Waals surface area (Å²) in [5.74, 6) is 1.59. The highest BCUT2D eigenvalue weighted by Crippen LogP contribution is 2.29. The van der Waals surface area contributed by atoms with Gasteiger partial charge in [-0.15, -0.1) is 0 Å². The molecule has 0 aliphatic rings. The molecule has 0 spiro atoms. The summed E-state index contributed by atoms with van der Waals surface area (Å²) in [7, 11) is 4.86. The van der Waals surface area contributed by atoms with Crippen LogP contribution in [0.5, 0.6) is 11.5 Å². The molecule has 0 aliphatic heterocycles. The van der Waals surface area contributed by atoms with Crippen LogP contribution in [-0.2, 0) is 29.6 Å². The highest BCUT2D eigenvalue weighted by molar-refractivity contribution is 5.77. The van der Waals surface area contributed by atoms with Gasteiger partial charge in [0.1, 0.15) is 5.82 Å². The van der Waals surface area contributed by atoms with Crippen molar-refractivity contribution in [3.05, 3.63) is 50.4 Å². The molecule has 0 amide bonds. The lowest BCUT2D eigenvalue weighted by Crippen LogP contribution is -2.40. The van der Waals surface area contributed by atoms with E-state index in [-0.39, 0.29) is 24.8 Å². The first kappa shape index (κ1) is 25.3. The van der Waals surface area contributed by atoms with Gasteiger partial charge in [0.15, 0.2) is 36.2 Å². The van der Waals surface area contributed by atoms with E-state index >= 15 is 0 Å². The maximum absolute atomic E-state index is 13.1. The predicted octanol–water partition coefficient (Wildman–Crippen LogP) is 2.85. The van der Waals surface area contributed by atoms with E-state index < -0.39 is 0 Å². The van der Waals surface area contributed by atoms with Crippen LogP contribution < -0.4 is 20.7 Å². The minimum absolute atomic E-state index is 0.0697. The van der Waals surface area contributed by atoms with Crippen LogP contribution in [0, 0.1) is 0 Å². The zero-order chi connectivity index (χ0) is 24.7. The fraction of sp³-hybridized carbons (Fsp3) is 0.458. The largest absolute Gasteiger partial charge is 0.464 e. The molecule has 1 aromatic carbocycles. The SMILES string of the molecule is CCCn1c(=O)c2c(nc(C=Cc3ccc(OCOC)c(OCOC)c3)n2C)n(CCC)c1=O. The lowest BCUT2D eigenvalue weighted by Gasteiger charge is -2.12. The van der Waals surface area contributed by atoms with E-state index in [1.54, 1.807) is 35.4 Å². The van der Waals surface area contributed by atoms with E-state index in [0.29, 0.717) is 48.0 Å². The van der Waals surface area contributed by atoms with Crippen LogP contribution in [0.15, 0.2) is 27.8 Å². The van der Waals surface area contributed by atoms with Crippen molar-refractivity contribution in [2.45, 2.75) is 39.8 Å². The Morgan fingerprint density at radius 2 is 1.56 bits per heavy atom. The second-order valence-electron chi connectivity index (χ2n) is 7.73. The highest BCUT2D eigenvalue weighted by Gasteiger charge is 2.18. The Kier molecular flexibility index (Phi) is 8.67. The van der Waals surface area contributed by atoms with Crippen molar-refractivity contribution in [1.82, 2.24) is 18.7 Å². The summed E-state index contributed by atoms with van der Waals surface area (Å²) in [5, 5.41) is 0. The number of rotatable bonds is 12. The molecule has 0 N–H and O–H groups in total. The lowest BCUT2D eigenvalue weighted by molar-refractivity contribution is 0.0322. The van der Waals surface area contributed by atoms with Crippen LogP contribution in [0.2, 0.25) is 0 Å². The van der Waals surface area contributed by atoms with E-state index in [1.165, 1.54) is 11.7 Å². The topological polar surface area (TPSA) is 98.7 Å². The lowest BCUT2D eigenvalue weighted by atomic mass is 10.2. The average Bonchev–Trinajstić information content (AvgIpc) is 3.17. The Bertz CT molecular complexity index is 1270. The molecule has 0 saturated carbocycles. The van der Waals surface area contributed by atoms with Crippen molar-refractivity contribution < 1.29 is 18.9 Å². The number of hydrogen-bond donors (Lipinski definition) is 0. The molecule has 2 aromatic heterocycles. The van der Waals surface area contributed by atoms with Gasteiger partial charge in [-0.25, -0.2) is 9.78 Å². The molecule has 10 heteroatoms. The van der Waals surface area contributed by atoms with E-state index in [2.05, 4.69) is 4.98 Å². The molecule has 2 heterocycles. The van der Waals surface area contributed by atoms with E-state index in [1.807, 2.05) is 32.1 Å². The summed E-state index contributed by atoms with van der Waals surface area (Å²) in [4.78, 5) is 30.6. The summed E-state index contributed by atoms with van der Waals surface area (Å²) in [6.45, 7) is 4.94. The second kappa shape index (κ2) is 11.7. The molecule has 0 unspecified atom stereocenters. The third kappa shape index (κ3) is 5.23. The maximum Gasteiger partial charge on any atom is 0.332 e. The molecule has 0 aliphatic carbocycles. The van der Waals surface area contributed by atoms with Crippen LogP contribution in [0.3, 0.4) is 0 Å². The van der Waals surface area contributed by atoms with Crippen LogP contribution in [-0.4, -0.2) is 46.5 Å². The van der Waals surface area contributed by atoms with Crippen LogP contribution in [0.25, 0.3) is 23.3 Å². The molecule has 0 fully saturated rings. The van der Waals surface area contributed by atoms with Gasteiger partial charge in [-0.1, -0.05) is 26.0 Å². The maximum atomic E-state index is 13.1. The molecule has 3 aromatic rings. The van der Waals surface area contributed by atoms with Gasteiger partial charge in [0, 0.05) is 34.4 Å². The molecule has 184 valence electrons. The monoisotopic (exact) mass is 472 g/mol. The van der Waals surface area contributed by atoms with Gasteiger partial charge in [-0.05, 0) is 36.6 Å². The van der Waals surface area contributed by atoms with Crippen LogP contribution in [0.1, 0.15) is 38.1 Å².